The molecule has 1 aromatic carbocycles. The maximum absolute atomic E-state index is 11.9. The quantitative estimate of drug-likeness (QED) is 0.421. The summed E-state index contributed by atoms with van der Waals surface area (Å²) < 4.78 is 6.19. The van der Waals surface area contributed by atoms with Gasteiger partial charge in [0.25, 0.3) is 5.91 Å². The number of anilines is 1. The molecular formula is C16H20BrN3O2. The second-order valence-corrected chi connectivity index (χ2v) is 5.44. The zero-order valence-electron chi connectivity index (χ0n) is 12.8. The molecule has 1 aromatic rings. The second-order valence-electron chi connectivity index (χ2n) is 4.58. The molecule has 0 fully saturated rings. The van der Waals surface area contributed by atoms with E-state index >= 15 is 0 Å². The van der Waals surface area contributed by atoms with Crippen molar-refractivity contribution in [2.24, 2.45) is 0 Å². The van der Waals surface area contributed by atoms with Crippen molar-refractivity contribution in [2.75, 3.05) is 25.1 Å². The highest BCUT2D eigenvalue weighted by Crippen LogP contribution is 2.20. The Bertz CT molecular complexity index is 579. The first-order valence-electron chi connectivity index (χ1n) is 7.07. The number of hydrogen-bond donors (Lipinski definition) is 2. The summed E-state index contributed by atoms with van der Waals surface area (Å²) in [5.41, 5.74) is 1.92. The van der Waals surface area contributed by atoms with Crippen molar-refractivity contribution < 1.29 is 9.53 Å². The lowest BCUT2D eigenvalue weighted by atomic mass is 10.2. The number of rotatable bonds is 8. The van der Waals surface area contributed by atoms with Crippen LogP contribution < -0.4 is 10.6 Å². The number of amides is 1. The van der Waals surface area contributed by atoms with E-state index in [4.69, 9.17) is 10.00 Å². The van der Waals surface area contributed by atoms with E-state index in [0.717, 1.165) is 22.1 Å². The third kappa shape index (κ3) is 6.29. The van der Waals surface area contributed by atoms with Gasteiger partial charge in [-0.1, -0.05) is 15.9 Å². The summed E-state index contributed by atoms with van der Waals surface area (Å²) in [6.45, 7) is 5.63. The Morgan fingerprint density at radius 1 is 1.50 bits per heavy atom. The van der Waals surface area contributed by atoms with Crippen LogP contribution in [0.25, 0.3) is 0 Å². The average Bonchev–Trinajstić information content (AvgIpc) is 2.51. The van der Waals surface area contributed by atoms with Crippen molar-refractivity contribution in [1.29, 1.82) is 5.26 Å². The zero-order chi connectivity index (χ0) is 16.4. The molecule has 0 atom stereocenters. The van der Waals surface area contributed by atoms with Crippen molar-refractivity contribution in [3.63, 3.8) is 0 Å². The number of benzene rings is 1. The van der Waals surface area contributed by atoms with Gasteiger partial charge in [0.05, 0.1) is 0 Å². The summed E-state index contributed by atoms with van der Waals surface area (Å²) >= 11 is 3.42. The van der Waals surface area contributed by atoms with Crippen LogP contribution in [0.5, 0.6) is 0 Å². The predicted molar refractivity (Wildman–Crippen MR) is 90.3 cm³/mol. The fourth-order valence-corrected chi connectivity index (χ4v) is 1.90. The third-order valence-electron chi connectivity index (χ3n) is 2.86. The highest BCUT2D eigenvalue weighted by molar-refractivity contribution is 9.10. The molecule has 0 heterocycles. The summed E-state index contributed by atoms with van der Waals surface area (Å²) in [4.78, 5) is 11.9. The predicted octanol–water partition coefficient (Wildman–Crippen LogP) is 3.12. The smallest absolute Gasteiger partial charge is 0.263 e. The van der Waals surface area contributed by atoms with Crippen molar-refractivity contribution in [1.82, 2.24) is 5.32 Å². The fraction of sp³-hybridized carbons (Fsp3) is 0.375. The first-order chi connectivity index (χ1) is 10.6. The van der Waals surface area contributed by atoms with E-state index in [1.54, 1.807) is 0 Å². The van der Waals surface area contributed by atoms with E-state index in [9.17, 15) is 4.79 Å². The molecule has 1 rings (SSSR count). The lowest BCUT2D eigenvalue weighted by Crippen LogP contribution is -2.26. The maximum Gasteiger partial charge on any atom is 0.263 e. The number of hydrogen-bond acceptors (Lipinski definition) is 4. The van der Waals surface area contributed by atoms with Gasteiger partial charge in [-0.05, 0) is 44.0 Å². The Hall–Kier alpha value is -1.84. The molecule has 0 saturated heterocycles. The number of nitrogens with zero attached hydrogens (tertiary/aromatic N) is 1. The highest BCUT2D eigenvalue weighted by Gasteiger charge is 2.07. The Morgan fingerprint density at radius 2 is 2.27 bits per heavy atom. The van der Waals surface area contributed by atoms with E-state index in [-0.39, 0.29) is 11.5 Å². The first kappa shape index (κ1) is 18.2. The molecule has 1 amide bonds. The van der Waals surface area contributed by atoms with Crippen molar-refractivity contribution in [2.45, 2.75) is 20.3 Å². The van der Waals surface area contributed by atoms with Crippen molar-refractivity contribution >= 4 is 27.5 Å². The summed E-state index contributed by atoms with van der Waals surface area (Å²) in [5, 5.41) is 14.7. The highest BCUT2D eigenvalue weighted by atomic mass is 79.9. The van der Waals surface area contributed by atoms with Gasteiger partial charge in [-0.3, -0.25) is 4.79 Å². The number of nitrogens with one attached hydrogen (secondary N) is 2. The van der Waals surface area contributed by atoms with Gasteiger partial charge in [0.15, 0.2) is 0 Å². The Balaban J connectivity index is 2.53. The molecule has 0 aliphatic heterocycles. The van der Waals surface area contributed by atoms with Gasteiger partial charge in [-0.25, -0.2) is 0 Å². The van der Waals surface area contributed by atoms with E-state index < -0.39 is 0 Å². The molecule has 0 spiro atoms. The average molecular weight is 366 g/mol. The lowest BCUT2D eigenvalue weighted by Gasteiger charge is -2.06. The van der Waals surface area contributed by atoms with Gasteiger partial charge in [0, 0.05) is 36.1 Å². The van der Waals surface area contributed by atoms with Crippen LogP contribution in [-0.2, 0) is 9.53 Å². The molecule has 0 aromatic heterocycles. The molecule has 2 N–H and O–H groups in total. The van der Waals surface area contributed by atoms with Gasteiger partial charge in [0.1, 0.15) is 11.6 Å². The Morgan fingerprint density at radius 3 is 2.91 bits per heavy atom. The molecule has 0 bridgehead atoms. The molecule has 6 heteroatoms. The minimum Gasteiger partial charge on any atom is -0.382 e. The second kappa shape index (κ2) is 9.98. The van der Waals surface area contributed by atoms with Crippen LogP contribution in [0.15, 0.2) is 34.4 Å². The van der Waals surface area contributed by atoms with Crippen LogP contribution in [0.1, 0.15) is 18.9 Å². The number of nitriles is 1. The number of aryl methyl sites for hydroxylation is 1. The number of carbonyl (C=O) groups is 1. The molecule has 118 valence electrons. The van der Waals surface area contributed by atoms with E-state index in [1.807, 2.05) is 38.1 Å². The molecule has 0 unspecified atom stereocenters. The van der Waals surface area contributed by atoms with Gasteiger partial charge in [0.2, 0.25) is 0 Å². The van der Waals surface area contributed by atoms with Crippen molar-refractivity contribution in [3.8, 4) is 6.07 Å². The van der Waals surface area contributed by atoms with Gasteiger partial charge >= 0.3 is 0 Å². The standard InChI is InChI=1S/C16H20BrN3O2/c1-3-22-8-4-7-19-16(21)13(10-18)11-20-14-5-6-15(17)12(2)9-14/h5-6,9,11,20H,3-4,7-8H2,1-2H3,(H,19,21)/b13-11-. The topological polar surface area (TPSA) is 74.1 Å². The number of ether oxygens (including phenoxy) is 1. The first-order valence-corrected chi connectivity index (χ1v) is 7.86. The van der Waals surface area contributed by atoms with Crippen LogP contribution in [0.4, 0.5) is 5.69 Å². The zero-order valence-corrected chi connectivity index (χ0v) is 14.4. The molecule has 0 aliphatic carbocycles. The molecule has 0 radical (unpaired) electrons. The van der Waals surface area contributed by atoms with Crippen LogP contribution in [0.2, 0.25) is 0 Å². The third-order valence-corrected chi connectivity index (χ3v) is 3.75. The van der Waals surface area contributed by atoms with Crippen LogP contribution in [0.3, 0.4) is 0 Å². The summed E-state index contributed by atoms with van der Waals surface area (Å²) in [5.74, 6) is -0.389. The van der Waals surface area contributed by atoms with E-state index in [1.165, 1.54) is 6.20 Å². The number of halogens is 1. The van der Waals surface area contributed by atoms with Crippen LogP contribution in [-0.4, -0.2) is 25.7 Å². The lowest BCUT2D eigenvalue weighted by molar-refractivity contribution is -0.117. The largest absolute Gasteiger partial charge is 0.382 e. The van der Waals surface area contributed by atoms with Gasteiger partial charge < -0.3 is 15.4 Å². The van der Waals surface area contributed by atoms with Gasteiger partial charge in [-0.15, -0.1) is 0 Å². The van der Waals surface area contributed by atoms with Crippen molar-refractivity contribution in [3.05, 3.63) is 40.0 Å². The Labute approximate surface area is 139 Å². The molecule has 0 saturated carbocycles. The molecule has 22 heavy (non-hydrogen) atoms. The van der Waals surface area contributed by atoms with Crippen LogP contribution in [0, 0.1) is 18.3 Å². The minimum atomic E-state index is -0.389. The minimum absolute atomic E-state index is 0.0389. The fourth-order valence-electron chi connectivity index (χ4n) is 1.65. The number of carbonyl (C=O) groups excluding carboxylic acids is 1. The van der Waals surface area contributed by atoms with Gasteiger partial charge in [-0.2, -0.15) is 5.26 Å². The maximum atomic E-state index is 11.9. The van der Waals surface area contributed by atoms with Crippen LogP contribution >= 0.6 is 15.9 Å². The summed E-state index contributed by atoms with van der Waals surface area (Å²) in [6, 6.07) is 7.59. The SMILES string of the molecule is CCOCCCNC(=O)/C(C#N)=C\Nc1ccc(Br)c(C)c1. The van der Waals surface area contributed by atoms with E-state index in [2.05, 4.69) is 26.6 Å². The molecule has 5 nitrogen and oxygen atoms in total. The van der Waals surface area contributed by atoms with E-state index in [0.29, 0.717) is 19.8 Å². The monoisotopic (exact) mass is 365 g/mol. The normalized spacial score (nSPS) is 10.9. The molecule has 0 aliphatic rings. The Kier molecular flexibility index (Phi) is 8.26. The summed E-state index contributed by atoms with van der Waals surface area (Å²) in [7, 11) is 0. The molecular weight excluding hydrogens is 346 g/mol. The summed E-state index contributed by atoms with van der Waals surface area (Å²) in [6.07, 6.45) is 2.14.